The van der Waals surface area contributed by atoms with Gasteiger partial charge in [-0.3, -0.25) is 9.80 Å². The van der Waals surface area contributed by atoms with Crippen molar-refractivity contribution in [2.45, 2.75) is 57.7 Å². The highest BCUT2D eigenvalue weighted by Gasteiger charge is 2.41. The van der Waals surface area contributed by atoms with Crippen molar-refractivity contribution in [3.8, 4) is 0 Å². The van der Waals surface area contributed by atoms with Crippen LogP contribution < -0.4 is 0 Å². The number of carbonyl (C=O) groups is 1. The van der Waals surface area contributed by atoms with Gasteiger partial charge in [-0.25, -0.2) is 4.79 Å². The Morgan fingerprint density at radius 2 is 1.94 bits per heavy atom. The Balaban J connectivity index is 2.01. The van der Waals surface area contributed by atoms with E-state index in [0.29, 0.717) is 0 Å². The summed E-state index contributed by atoms with van der Waals surface area (Å²) in [7, 11) is 0. The lowest BCUT2D eigenvalue weighted by molar-refractivity contribution is 0.0718. The minimum Gasteiger partial charge on any atom is -0.465 e. The molecule has 92 valence electrons. The van der Waals surface area contributed by atoms with Gasteiger partial charge in [-0.05, 0) is 40.0 Å². The van der Waals surface area contributed by atoms with Gasteiger partial charge in [-0.15, -0.1) is 0 Å². The second kappa shape index (κ2) is 3.91. The minimum atomic E-state index is -0.782. The Kier molecular flexibility index (Phi) is 2.86. The Morgan fingerprint density at radius 3 is 2.38 bits per heavy atom. The Hall–Kier alpha value is -0.770. The van der Waals surface area contributed by atoms with Crippen LogP contribution in [0.1, 0.15) is 40.0 Å². The van der Waals surface area contributed by atoms with Gasteiger partial charge in [0.2, 0.25) is 0 Å². The average molecular weight is 226 g/mol. The lowest BCUT2D eigenvalue weighted by Gasteiger charge is -2.38. The summed E-state index contributed by atoms with van der Waals surface area (Å²) in [5.41, 5.74) is -0.296. The van der Waals surface area contributed by atoms with Crippen LogP contribution in [-0.2, 0) is 0 Å². The van der Waals surface area contributed by atoms with Gasteiger partial charge in [0.15, 0.2) is 0 Å². The number of rotatable bonds is 2. The molecule has 4 heteroatoms. The van der Waals surface area contributed by atoms with E-state index in [1.807, 2.05) is 20.8 Å². The normalized spacial score (nSPS) is 27.1. The maximum absolute atomic E-state index is 11.3. The molecule has 2 aliphatic rings. The molecule has 0 bridgehead atoms. The Bertz CT molecular complexity index is 281. The van der Waals surface area contributed by atoms with Crippen molar-refractivity contribution in [1.82, 2.24) is 9.80 Å². The molecule has 2 fully saturated rings. The Morgan fingerprint density at radius 1 is 1.31 bits per heavy atom. The second-order valence-electron chi connectivity index (χ2n) is 5.99. The fourth-order valence-corrected chi connectivity index (χ4v) is 2.74. The molecule has 1 aliphatic heterocycles. The number of likely N-dealkylation sites (tertiary alicyclic amines) is 1. The average Bonchev–Trinajstić information content (AvgIpc) is 2.85. The highest BCUT2D eigenvalue weighted by Crippen LogP contribution is 2.32. The monoisotopic (exact) mass is 226 g/mol. The summed E-state index contributed by atoms with van der Waals surface area (Å²) in [5.74, 6) is 0. The van der Waals surface area contributed by atoms with Gasteiger partial charge in [0.05, 0.1) is 0 Å². The predicted molar refractivity (Wildman–Crippen MR) is 62.6 cm³/mol. The summed E-state index contributed by atoms with van der Waals surface area (Å²) in [6.45, 7) is 7.91. The first-order chi connectivity index (χ1) is 7.39. The number of nitrogens with zero attached hydrogens (tertiary/aromatic N) is 2. The van der Waals surface area contributed by atoms with E-state index in [4.69, 9.17) is 0 Å². The van der Waals surface area contributed by atoms with Crippen molar-refractivity contribution in [3.63, 3.8) is 0 Å². The van der Waals surface area contributed by atoms with Gasteiger partial charge in [0.1, 0.15) is 0 Å². The van der Waals surface area contributed by atoms with Gasteiger partial charge in [0.25, 0.3) is 0 Å². The van der Waals surface area contributed by atoms with Crippen molar-refractivity contribution in [2.75, 3.05) is 13.1 Å². The van der Waals surface area contributed by atoms with Crippen LogP contribution in [0, 0.1) is 0 Å². The molecule has 1 saturated heterocycles. The zero-order valence-corrected chi connectivity index (χ0v) is 10.4. The van der Waals surface area contributed by atoms with Crippen LogP contribution in [-0.4, -0.2) is 51.7 Å². The molecular formula is C12H22N2O2. The van der Waals surface area contributed by atoms with Crippen molar-refractivity contribution in [2.24, 2.45) is 0 Å². The molecule has 0 aromatic heterocycles. The maximum Gasteiger partial charge on any atom is 0.408 e. The Labute approximate surface area is 97.2 Å². The third-order valence-corrected chi connectivity index (χ3v) is 3.55. The third-order valence-electron chi connectivity index (χ3n) is 3.55. The summed E-state index contributed by atoms with van der Waals surface area (Å²) in [6, 6.07) is 0.929. The molecule has 1 N–H and O–H groups in total. The predicted octanol–water partition coefficient (Wildman–Crippen LogP) is 2.00. The van der Waals surface area contributed by atoms with Crippen LogP contribution in [0.2, 0.25) is 0 Å². The molecule has 2 rings (SSSR count). The summed E-state index contributed by atoms with van der Waals surface area (Å²) in [6.07, 6.45) is 2.81. The molecule has 0 spiro atoms. The smallest absolute Gasteiger partial charge is 0.408 e. The van der Waals surface area contributed by atoms with Crippen LogP contribution in [0.4, 0.5) is 4.79 Å². The molecule has 0 radical (unpaired) electrons. The summed E-state index contributed by atoms with van der Waals surface area (Å²) in [4.78, 5) is 15.4. The molecule has 4 nitrogen and oxygen atoms in total. The molecule has 1 saturated carbocycles. The van der Waals surface area contributed by atoms with E-state index in [1.54, 1.807) is 4.90 Å². The summed E-state index contributed by atoms with van der Waals surface area (Å²) >= 11 is 0. The van der Waals surface area contributed by atoms with E-state index in [9.17, 15) is 9.90 Å². The lowest BCUT2D eigenvalue weighted by Crippen LogP contribution is -2.52. The van der Waals surface area contributed by atoms with Crippen molar-refractivity contribution in [3.05, 3.63) is 0 Å². The van der Waals surface area contributed by atoms with Crippen molar-refractivity contribution in [1.29, 1.82) is 0 Å². The molecule has 0 aromatic rings. The molecule has 1 unspecified atom stereocenters. The van der Waals surface area contributed by atoms with Gasteiger partial charge in [-0.1, -0.05) is 0 Å². The van der Waals surface area contributed by atoms with Crippen LogP contribution in [0.15, 0.2) is 0 Å². The van der Waals surface area contributed by atoms with Crippen LogP contribution in [0.25, 0.3) is 0 Å². The first kappa shape index (κ1) is 11.7. The van der Waals surface area contributed by atoms with Gasteiger partial charge in [-0.2, -0.15) is 0 Å². The standard InChI is InChI=1S/C12H22N2O2/c1-12(2,3)14(11(15)16)10-6-7-13(8-10)9-4-5-9/h9-10H,4-8H2,1-3H3,(H,15,16). The molecule has 1 amide bonds. The largest absolute Gasteiger partial charge is 0.465 e. The number of carboxylic acid groups (broad SMARTS) is 1. The van der Waals surface area contributed by atoms with E-state index < -0.39 is 6.09 Å². The summed E-state index contributed by atoms with van der Waals surface area (Å²) < 4.78 is 0. The third kappa shape index (κ3) is 2.32. The molecule has 0 aromatic carbocycles. The van der Waals surface area contributed by atoms with E-state index in [0.717, 1.165) is 25.6 Å². The number of hydrogen-bond donors (Lipinski definition) is 1. The first-order valence-corrected chi connectivity index (χ1v) is 6.16. The van der Waals surface area contributed by atoms with Crippen molar-refractivity contribution < 1.29 is 9.90 Å². The van der Waals surface area contributed by atoms with Crippen LogP contribution in [0.5, 0.6) is 0 Å². The maximum atomic E-state index is 11.3. The zero-order chi connectivity index (χ0) is 11.9. The van der Waals surface area contributed by atoms with Gasteiger partial charge >= 0.3 is 6.09 Å². The topological polar surface area (TPSA) is 43.8 Å². The van der Waals surface area contributed by atoms with E-state index in [1.165, 1.54) is 12.8 Å². The zero-order valence-electron chi connectivity index (χ0n) is 10.4. The fraction of sp³-hybridized carbons (Fsp3) is 0.917. The molecule has 1 atom stereocenters. The van der Waals surface area contributed by atoms with Gasteiger partial charge in [0, 0.05) is 30.7 Å². The molecule has 1 heterocycles. The van der Waals surface area contributed by atoms with E-state index in [-0.39, 0.29) is 11.6 Å². The van der Waals surface area contributed by atoms with Crippen molar-refractivity contribution >= 4 is 6.09 Å². The summed E-state index contributed by atoms with van der Waals surface area (Å²) in [5, 5.41) is 9.32. The first-order valence-electron chi connectivity index (χ1n) is 6.16. The van der Waals surface area contributed by atoms with Gasteiger partial charge < -0.3 is 5.11 Å². The molecule has 1 aliphatic carbocycles. The van der Waals surface area contributed by atoms with E-state index in [2.05, 4.69) is 4.90 Å². The van der Waals surface area contributed by atoms with Crippen LogP contribution in [0.3, 0.4) is 0 Å². The highest BCUT2D eigenvalue weighted by molar-refractivity contribution is 5.66. The SMILES string of the molecule is CC(C)(C)N(C(=O)O)C1CCN(C2CC2)C1. The lowest BCUT2D eigenvalue weighted by atomic mass is 10.0. The highest BCUT2D eigenvalue weighted by atomic mass is 16.4. The quantitative estimate of drug-likeness (QED) is 0.783. The molecular weight excluding hydrogens is 204 g/mol. The van der Waals surface area contributed by atoms with Crippen LogP contribution >= 0.6 is 0 Å². The second-order valence-corrected chi connectivity index (χ2v) is 5.99. The number of amides is 1. The van der Waals surface area contributed by atoms with E-state index >= 15 is 0 Å². The fourth-order valence-electron chi connectivity index (χ4n) is 2.74. The minimum absolute atomic E-state index is 0.179. The molecule has 16 heavy (non-hydrogen) atoms. The number of hydrogen-bond acceptors (Lipinski definition) is 2.